The fraction of sp³-hybridized carbons (Fsp3) is 0.571. The van der Waals surface area contributed by atoms with Crippen LogP contribution >= 0.6 is 23.7 Å². The van der Waals surface area contributed by atoms with Crippen molar-refractivity contribution >= 4 is 23.7 Å². The number of rotatable bonds is 3. The molecule has 13 heavy (non-hydrogen) atoms. The number of aromatic nitrogens is 1. The molecule has 6 heteroatoms. The number of nitrogens with zero attached hydrogens (tertiary/aromatic N) is 1. The minimum atomic E-state index is -0.745. The van der Waals surface area contributed by atoms with Crippen LogP contribution in [0.3, 0.4) is 0 Å². The molecule has 4 nitrogen and oxygen atoms in total. The molecule has 1 atom stereocenters. The Morgan fingerprint density at radius 2 is 2.23 bits per heavy atom. The van der Waals surface area contributed by atoms with Gasteiger partial charge in [0.2, 0.25) is 0 Å². The second-order valence-electron chi connectivity index (χ2n) is 2.85. The van der Waals surface area contributed by atoms with Crippen LogP contribution in [0.25, 0.3) is 0 Å². The lowest BCUT2D eigenvalue weighted by molar-refractivity contribution is 0.212. The number of hydrogen-bond donors (Lipinski definition) is 3. The van der Waals surface area contributed by atoms with Crippen LogP contribution in [-0.2, 0) is 12.1 Å². The molecule has 0 aromatic carbocycles. The van der Waals surface area contributed by atoms with Gasteiger partial charge in [-0.3, -0.25) is 0 Å². The number of nitrogens with two attached hydrogens (primary N) is 1. The Hall–Kier alpha value is -0.200. The molecule has 0 radical (unpaired) electrons. The molecule has 0 bridgehead atoms. The van der Waals surface area contributed by atoms with E-state index in [0.717, 1.165) is 4.88 Å². The number of aliphatic hydroxyl groups is 2. The van der Waals surface area contributed by atoms with E-state index in [0.29, 0.717) is 5.01 Å². The van der Waals surface area contributed by atoms with Gasteiger partial charge in [-0.1, -0.05) is 0 Å². The zero-order chi connectivity index (χ0) is 9.19. The van der Waals surface area contributed by atoms with Gasteiger partial charge < -0.3 is 15.9 Å². The monoisotopic (exact) mass is 224 g/mol. The number of hydrogen-bond acceptors (Lipinski definition) is 5. The van der Waals surface area contributed by atoms with Gasteiger partial charge >= 0.3 is 0 Å². The van der Waals surface area contributed by atoms with Crippen molar-refractivity contribution < 1.29 is 10.2 Å². The van der Waals surface area contributed by atoms with E-state index in [1.807, 2.05) is 0 Å². The maximum Gasteiger partial charge on any atom is 0.118 e. The first kappa shape index (κ1) is 12.8. The SMILES string of the molecule is C[C@@](N)(CO)c1cnc(CO)s1.Cl. The van der Waals surface area contributed by atoms with Crippen molar-refractivity contribution in [1.29, 1.82) is 0 Å². The van der Waals surface area contributed by atoms with Crippen molar-refractivity contribution in [2.75, 3.05) is 6.61 Å². The van der Waals surface area contributed by atoms with Gasteiger partial charge in [-0.2, -0.15) is 0 Å². The lowest BCUT2D eigenvalue weighted by Gasteiger charge is -2.18. The molecular weight excluding hydrogens is 212 g/mol. The Morgan fingerprint density at radius 1 is 1.62 bits per heavy atom. The molecule has 0 aliphatic heterocycles. The highest BCUT2D eigenvalue weighted by Crippen LogP contribution is 2.23. The Balaban J connectivity index is 0.00000144. The van der Waals surface area contributed by atoms with E-state index < -0.39 is 5.54 Å². The maximum atomic E-state index is 8.92. The fourth-order valence-electron chi connectivity index (χ4n) is 0.725. The molecule has 4 N–H and O–H groups in total. The van der Waals surface area contributed by atoms with E-state index in [-0.39, 0.29) is 25.6 Å². The molecule has 1 aromatic rings. The van der Waals surface area contributed by atoms with Crippen LogP contribution in [0.2, 0.25) is 0 Å². The summed E-state index contributed by atoms with van der Waals surface area (Å²) in [5.41, 5.74) is 5.00. The summed E-state index contributed by atoms with van der Waals surface area (Å²) in [6.45, 7) is 1.52. The molecule has 0 fully saturated rings. The Labute approximate surface area is 86.8 Å². The van der Waals surface area contributed by atoms with E-state index in [9.17, 15) is 0 Å². The van der Waals surface area contributed by atoms with Gasteiger partial charge in [0.05, 0.1) is 18.8 Å². The van der Waals surface area contributed by atoms with Gasteiger partial charge in [0.25, 0.3) is 0 Å². The predicted molar refractivity (Wildman–Crippen MR) is 53.9 cm³/mol. The smallest absolute Gasteiger partial charge is 0.118 e. The standard InChI is InChI=1S/C7H12N2O2S.ClH/c1-7(8,4-11)5-2-9-6(3-10)12-5;/h2,10-11H,3-4,8H2,1H3;1H/t7-;/m1./s1. The van der Waals surface area contributed by atoms with Gasteiger partial charge in [-0.25, -0.2) is 4.98 Å². The quantitative estimate of drug-likeness (QED) is 0.687. The van der Waals surface area contributed by atoms with E-state index in [1.54, 1.807) is 13.1 Å². The molecular formula is C7H13ClN2O2S. The molecule has 0 saturated carbocycles. The molecule has 0 saturated heterocycles. The van der Waals surface area contributed by atoms with Crippen molar-refractivity contribution in [2.24, 2.45) is 5.73 Å². The maximum absolute atomic E-state index is 8.92. The molecule has 0 spiro atoms. The second-order valence-corrected chi connectivity index (χ2v) is 3.97. The summed E-state index contributed by atoms with van der Waals surface area (Å²) < 4.78 is 0. The minimum Gasteiger partial charge on any atom is -0.394 e. The molecule has 1 heterocycles. The van der Waals surface area contributed by atoms with Gasteiger partial charge in [-0.15, -0.1) is 23.7 Å². The number of thiazole rings is 1. The Kier molecular flexibility index (Phi) is 4.80. The van der Waals surface area contributed by atoms with E-state index in [1.165, 1.54) is 11.3 Å². The van der Waals surface area contributed by atoms with Gasteiger partial charge in [0.15, 0.2) is 0 Å². The van der Waals surface area contributed by atoms with Crippen LogP contribution < -0.4 is 5.73 Å². The van der Waals surface area contributed by atoms with Gasteiger partial charge in [-0.05, 0) is 6.92 Å². The molecule has 1 rings (SSSR count). The lowest BCUT2D eigenvalue weighted by atomic mass is 10.1. The first-order chi connectivity index (χ1) is 5.60. The summed E-state index contributed by atoms with van der Waals surface area (Å²) in [5, 5.41) is 18.3. The second kappa shape index (κ2) is 4.88. The van der Waals surface area contributed by atoms with Crippen LogP contribution in [0.1, 0.15) is 16.8 Å². The van der Waals surface area contributed by atoms with E-state index in [4.69, 9.17) is 15.9 Å². The van der Waals surface area contributed by atoms with E-state index >= 15 is 0 Å². The lowest BCUT2D eigenvalue weighted by Crippen LogP contribution is -2.35. The van der Waals surface area contributed by atoms with Crippen LogP contribution in [0.4, 0.5) is 0 Å². The highest BCUT2D eigenvalue weighted by Gasteiger charge is 2.22. The third-order valence-electron chi connectivity index (χ3n) is 1.58. The normalized spacial score (nSPS) is 14.8. The van der Waals surface area contributed by atoms with Crippen LogP contribution in [0.5, 0.6) is 0 Å². The summed E-state index contributed by atoms with van der Waals surface area (Å²) in [6, 6.07) is 0. The van der Waals surface area contributed by atoms with Crippen molar-refractivity contribution in [3.63, 3.8) is 0 Å². The first-order valence-corrected chi connectivity index (χ1v) is 4.37. The highest BCUT2D eigenvalue weighted by molar-refractivity contribution is 7.11. The topological polar surface area (TPSA) is 79.4 Å². The molecule has 0 aliphatic rings. The summed E-state index contributed by atoms with van der Waals surface area (Å²) in [7, 11) is 0. The van der Waals surface area contributed by atoms with Crippen LogP contribution in [0, 0.1) is 0 Å². The molecule has 1 aromatic heterocycles. The zero-order valence-corrected chi connectivity index (χ0v) is 8.86. The number of aliphatic hydroxyl groups excluding tert-OH is 2. The Bertz CT molecular complexity index is 265. The summed E-state index contributed by atoms with van der Waals surface area (Å²) >= 11 is 1.32. The van der Waals surface area contributed by atoms with Crippen molar-refractivity contribution in [3.05, 3.63) is 16.1 Å². The average molecular weight is 225 g/mol. The third kappa shape index (κ3) is 2.89. The summed E-state index contributed by atoms with van der Waals surface area (Å²) in [5.74, 6) is 0. The minimum absolute atomic E-state index is 0. The molecule has 0 amide bonds. The number of halogens is 1. The van der Waals surface area contributed by atoms with Crippen molar-refractivity contribution in [1.82, 2.24) is 4.98 Å². The van der Waals surface area contributed by atoms with Crippen LogP contribution in [0.15, 0.2) is 6.20 Å². The van der Waals surface area contributed by atoms with Crippen LogP contribution in [-0.4, -0.2) is 21.8 Å². The summed E-state index contributed by atoms with van der Waals surface area (Å²) in [6.07, 6.45) is 1.59. The first-order valence-electron chi connectivity index (χ1n) is 3.56. The predicted octanol–water partition coefficient (Wildman–Crippen LogP) is 0.223. The molecule has 76 valence electrons. The highest BCUT2D eigenvalue weighted by atomic mass is 35.5. The Morgan fingerprint density at radius 3 is 2.62 bits per heavy atom. The summed E-state index contributed by atoms with van der Waals surface area (Å²) in [4.78, 5) is 4.71. The fourth-order valence-corrected chi connectivity index (χ4v) is 1.55. The molecule has 0 unspecified atom stereocenters. The average Bonchev–Trinajstić information content (AvgIpc) is 2.52. The largest absolute Gasteiger partial charge is 0.394 e. The van der Waals surface area contributed by atoms with Gasteiger partial charge in [0, 0.05) is 11.1 Å². The zero-order valence-electron chi connectivity index (χ0n) is 7.23. The van der Waals surface area contributed by atoms with Gasteiger partial charge in [0.1, 0.15) is 5.01 Å². The van der Waals surface area contributed by atoms with Crippen molar-refractivity contribution in [2.45, 2.75) is 19.1 Å². The molecule has 0 aliphatic carbocycles. The van der Waals surface area contributed by atoms with Crippen molar-refractivity contribution in [3.8, 4) is 0 Å². The third-order valence-corrected chi connectivity index (χ3v) is 2.84. The van der Waals surface area contributed by atoms with E-state index in [2.05, 4.69) is 4.98 Å².